The molecule has 0 radical (unpaired) electrons. The van der Waals surface area contributed by atoms with Crippen LogP contribution in [0.3, 0.4) is 0 Å². The van der Waals surface area contributed by atoms with Crippen molar-refractivity contribution in [2.24, 2.45) is 10.7 Å². The van der Waals surface area contributed by atoms with Crippen LogP contribution in [0.15, 0.2) is 23.2 Å². The predicted octanol–water partition coefficient (Wildman–Crippen LogP) is 2.50. The molecule has 0 unspecified atom stereocenters. The molecule has 3 heteroatoms. The van der Waals surface area contributed by atoms with Gasteiger partial charge in [0.15, 0.2) is 0 Å². The molecule has 1 aliphatic rings. The van der Waals surface area contributed by atoms with Gasteiger partial charge >= 0.3 is 0 Å². The molecule has 0 fully saturated rings. The minimum Gasteiger partial charge on any atom is -0.460 e. The second-order valence-electron chi connectivity index (χ2n) is 2.87. The summed E-state index contributed by atoms with van der Waals surface area (Å²) in [6, 6.07) is 6.29. The molecular weight excluding hydrogens is 176 g/mol. The molecule has 0 aliphatic carbocycles. The van der Waals surface area contributed by atoms with Gasteiger partial charge in [0, 0.05) is 5.56 Å². The van der Waals surface area contributed by atoms with Gasteiger partial charge in [0.2, 0.25) is 0 Å². The van der Waals surface area contributed by atoms with Crippen LogP contribution >= 0.6 is 0 Å². The molecule has 76 valence electrons. The largest absolute Gasteiger partial charge is 0.460 e. The Morgan fingerprint density at radius 2 is 2.07 bits per heavy atom. The van der Waals surface area contributed by atoms with Crippen LogP contribution in [0.5, 0.6) is 0 Å². The molecule has 2 N–H and O–H groups in total. The van der Waals surface area contributed by atoms with Crippen LogP contribution in [-0.4, -0.2) is 6.02 Å². The maximum atomic E-state index is 5.42. The van der Waals surface area contributed by atoms with Crippen molar-refractivity contribution in [1.82, 2.24) is 0 Å². The number of fused-ring (bicyclic) bond motifs is 1. The highest BCUT2D eigenvalue weighted by Crippen LogP contribution is 2.24. The fourth-order valence-corrected chi connectivity index (χ4v) is 1.24. The molecule has 0 spiro atoms. The summed E-state index contributed by atoms with van der Waals surface area (Å²) < 4.78 is 5.09. The molecule has 0 aromatic heterocycles. The van der Waals surface area contributed by atoms with E-state index in [-0.39, 0.29) is 6.02 Å². The number of benzene rings is 1. The lowest BCUT2D eigenvalue weighted by atomic mass is 10.1. The van der Waals surface area contributed by atoms with Gasteiger partial charge in [-0.3, -0.25) is 0 Å². The molecule has 1 aliphatic heterocycles. The number of aliphatic imine (C=N–C) groups is 1. The van der Waals surface area contributed by atoms with Crippen molar-refractivity contribution in [3.05, 3.63) is 29.3 Å². The third-order valence-corrected chi connectivity index (χ3v) is 1.84. The number of aryl methyl sites for hydroxylation is 1. The van der Waals surface area contributed by atoms with Gasteiger partial charge in [-0.1, -0.05) is 31.5 Å². The predicted molar refractivity (Wildman–Crippen MR) is 58.6 cm³/mol. The van der Waals surface area contributed by atoms with E-state index in [1.807, 2.05) is 32.9 Å². The highest BCUT2D eigenvalue weighted by Gasteiger charge is 2.09. The zero-order chi connectivity index (χ0) is 10.6. The second-order valence-corrected chi connectivity index (χ2v) is 2.87. The normalized spacial score (nSPS) is 12.9. The van der Waals surface area contributed by atoms with Crippen molar-refractivity contribution < 1.29 is 4.74 Å². The number of nitrogens with two attached hydrogens (primary N) is 1. The number of hydrogen-bond acceptors (Lipinski definition) is 3. The molecule has 1 heterocycles. The van der Waals surface area contributed by atoms with E-state index in [2.05, 4.69) is 11.1 Å². The Morgan fingerprint density at radius 1 is 1.36 bits per heavy atom. The number of rotatable bonds is 0. The molecule has 0 saturated heterocycles. The Morgan fingerprint density at radius 3 is 2.79 bits per heavy atom. The maximum absolute atomic E-state index is 5.42. The number of amidine groups is 1. The van der Waals surface area contributed by atoms with E-state index in [0.717, 1.165) is 11.3 Å². The van der Waals surface area contributed by atoms with Gasteiger partial charge in [0.05, 0.1) is 5.69 Å². The summed E-state index contributed by atoms with van der Waals surface area (Å²) in [7, 11) is 0. The van der Waals surface area contributed by atoms with Crippen molar-refractivity contribution in [3.8, 4) is 0 Å². The first-order valence-corrected chi connectivity index (χ1v) is 4.82. The third kappa shape index (κ3) is 2.25. The van der Waals surface area contributed by atoms with E-state index in [9.17, 15) is 0 Å². The SMILES string of the molecule is CC.Cc1ccc2c(c1)COC(N)=N2. The highest BCUT2D eigenvalue weighted by atomic mass is 16.5. The Kier molecular flexibility index (Phi) is 3.51. The molecule has 0 amide bonds. The summed E-state index contributed by atoms with van der Waals surface area (Å²) in [6.45, 7) is 6.58. The smallest absolute Gasteiger partial charge is 0.287 e. The van der Waals surface area contributed by atoms with E-state index in [1.165, 1.54) is 5.56 Å². The van der Waals surface area contributed by atoms with Crippen LogP contribution in [0, 0.1) is 6.92 Å². The topological polar surface area (TPSA) is 47.6 Å². The highest BCUT2D eigenvalue weighted by molar-refractivity contribution is 5.77. The van der Waals surface area contributed by atoms with Gasteiger partial charge in [-0.2, -0.15) is 4.99 Å². The van der Waals surface area contributed by atoms with Gasteiger partial charge < -0.3 is 10.5 Å². The van der Waals surface area contributed by atoms with Gasteiger partial charge in [-0.25, -0.2) is 0 Å². The van der Waals surface area contributed by atoms with Crippen molar-refractivity contribution in [2.45, 2.75) is 27.4 Å². The van der Waals surface area contributed by atoms with E-state index in [0.29, 0.717) is 6.61 Å². The van der Waals surface area contributed by atoms with E-state index in [1.54, 1.807) is 0 Å². The lowest BCUT2D eigenvalue weighted by molar-refractivity contribution is 0.282. The Balaban J connectivity index is 0.000000461. The second kappa shape index (κ2) is 4.65. The Bertz CT molecular complexity index is 345. The van der Waals surface area contributed by atoms with Crippen LogP contribution in [0.4, 0.5) is 5.69 Å². The standard InChI is InChI=1S/C9H10N2O.C2H6/c1-6-2-3-8-7(4-6)5-12-9(10)11-8;1-2/h2-4H,5H2,1H3,(H2,10,11);1-2H3. The van der Waals surface area contributed by atoms with Crippen molar-refractivity contribution in [2.75, 3.05) is 0 Å². The molecule has 14 heavy (non-hydrogen) atoms. The fourth-order valence-electron chi connectivity index (χ4n) is 1.24. The summed E-state index contributed by atoms with van der Waals surface area (Å²) in [5.41, 5.74) is 8.65. The summed E-state index contributed by atoms with van der Waals surface area (Å²) in [6.07, 6.45) is 0. The van der Waals surface area contributed by atoms with Gasteiger partial charge in [0.25, 0.3) is 6.02 Å². The quantitative estimate of drug-likeness (QED) is 0.686. The molecule has 1 aromatic carbocycles. The molecular formula is C11H16N2O. The molecule has 2 rings (SSSR count). The van der Waals surface area contributed by atoms with Crippen LogP contribution in [0.25, 0.3) is 0 Å². The molecule has 1 aromatic rings. The van der Waals surface area contributed by atoms with Crippen LogP contribution in [0.2, 0.25) is 0 Å². The first kappa shape index (κ1) is 10.6. The molecule has 0 atom stereocenters. The van der Waals surface area contributed by atoms with Gasteiger partial charge in [0.1, 0.15) is 6.61 Å². The van der Waals surface area contributed by atoms with Gasteiger partial charge in [-0.05, 0) is 13.0 Å². The van der Waals surface area contributed by atoms with Crippen LogP contribution < -0.4 is 5.73 Å². The lowest BCUT2D eigenvalue weighted by Gasteiger charge is -2.13. The average Bonchev–Trinajstić information content (AvgIpc) is 2.21. The number of ether oxygens (including phenoxy) is 1. The van der Waals surface area contributed by atoms with Crippen molar-refractivity contribution >= 4 is 11.7 Å². The minimum absolute atomic E-state index is 0.256. The minimum atomic E-state index is 0.256. The summed E-state index contributed by atoms with van der Waals surface area (Å²) >= 11 is 0. The summed E-state index contributed by atoms with van der Waals surface area (Å²) in [5.74, 6) is 0. The van der Waals surface area contributed by atoms with E-state index < -0.39 is 0 Å². The lowest BCUT2D eigenvalue weighted by Crippen LogP contribution is -2.18. The van der Waals surface area contributed by atoms with Crippen molar-refractivity contribution in [1.29, 1.82) is 0 Å². The van der Waals surface area contributed by atoms with Crippen molar-refractivity contribution in [3.63, 3.8) is 0 Å². The summed E-state index contributed by atoms with van der Waals surface area (Å²) in [4.78, 5) is 4.06. The zero-order valence-electron chi connectivity index (χ0n) is 8.87. The Labute approximate surface area is 84.6 Å². The molecule has 3 nitrogen and oxygen atoms in total. The fraction of sp³-hybridized carbons (Fsp3) is 0.364. The van der Waals surface area contributed by atoms with Crippen LogP contribution in [-0.2, 0) is 11.3 Å². The summed E-state index contributed by atoms with van der Waals surface area (Å²) in [5, 5.41) is 0. The third-order valence-electron chi connectivity index (χ3n) is 1.84. The first-order chi connectivity index (χ1) is 6.75. The average molecular weight is 192 g/mol. The monoisotopic (exact) mass is 192 g/mol. The molecule has 0 saturated carbocycles. The van der Waals surface area contributed by atoms with Gasteiger partial charge in [-0.15, -0.1) is 0 Å². The number of hydrogen-bond donors (Lipinski definition) is 1. The number of nitrogens with zero attached hydrogens (tertiary/aromatic N) is 1. The maximum Gasteiger partial charge on any atom is 0.287 e. The Hall–Kier alpha value is -1.51. The van der Waals surface area contributed by atoms with E-state index >= 15 is 0 Å². The zero-order valence-corrected chi connectivity index (χ0v) is 8.87. The van der Waals surface area contributed by atoms with E-state index in [4.69, 9.17) is 10.5 Å². The molecule has 0 bridgehead atoms. The first-order valence-electron chi connectivity index (χ1n) is 4.82. The van der Waals surface area contributed by atoms with Crippen LogP contribution in [0.1, 0.15) is 25.0 Å².